The van der Waals surface area contributed by atoms with Gasteiger partial charge in [0.2, 0.25) is 0 Å². The Bertz CT molecular complexity index is 507. The van der Waals surface area contributed by atoms with Crippen molar-refractivity contribution in [2.75, 3.05) is 5.32 Å². The zero-order valence-electron chi connectivity index (χ0n) is 8.47. The molecule has 0 aromatic carbocycles. The summed E-state index contributed by atoms with van der Waals surface area (Å²) in [4.78, 5) is 18.6. The molecule has 0 saturated carbocycles. The van der Waals surface area contributed by atoms with Crippen LogP contribution in [0.3, 0.4) is 0 Å². The number of pyridine rings is 1. The van der Waals surface area contributed by atoms with Gasteiger partial charge in [0.1, 0.15) is 5.69 Å². The van der Waals surface area contributed by atoms with Crippen molar-refractivity contribution in [1.29, 1.82) is 0 Å². The number of rotatable bonds is 3. The Morgan fingerprint density at radius 3 is 2.81 bits per heavy atom. The number of nitrogens with one attached hydrogen (secondary N) is 1. The van der Waals surface area contributed by atoms with Crippen LogP contribution in [0.1, 0.15) is 16.2 Å². The Kier molecular flexibility index (Phi) is 2.82. The van der Waals surface area contributed by atoms with Gasteiger partial charge in [-0.3, -0.25) is 0 Å². The predicted octanol–water partition coefficient (Wildman–Crippen LogP) is 2.29. The summed E-state index contributed by atoms with van der Waals surface area (Å²) in [6.07, 6.45) is 1.47. The Labute approximate surface area is 95.8 Å². The summed E-state index contributed by atoms with van der Waals surface area (Å²) >= 11 is 1.49. The second-order valence-electron chi connectivity index (χ2n) is 3.16. The van der Waals surface area contributed by atoms with Crippen LogP contribution in [0.5, 0.6) is 0 Å². The number of thiazole rings is 1. The molecule has 0 fully saturated rings. The number of anilines is 2. The standard InChI is InChI=1S/C10H9N3O2S/c1-6-5-16-10(12-6)13-7-2-3-8(9(14)15)11-4-7/h2-5H,1H3,(H,12,13)(H,14,15). The van der Waals surface area contributed by atoms with Crippen LogP contribution >= 0.6 is 11.3 Å². The predicted molar refractivity (Wildman–Crippen MR) is 61.3 cm³/mol. The van der Waals surface area contributed by atoms with Crippen molar-refractivity contribution in [3.63, 3.8) is 0 Å². The number of aryl methyl sites for hydroxylation is 1. The fourth-order valence-corrected chi connectivity index (χ4v) is 1.84. The minimum atomic E-state index is -1.03. The normalized spacial score (nSPS) is 10.1. The lowest BCUT2D eigenvalue weighted by Gasteiger charge is -2.01. The van der Waals surface area contributed by atoms with Crippen molar-refractivity contribution in [2.45, 2.75) is 6.92 Å². The number of aromatic nitrogens is 2. The summed E-state index contributed by atoms with van der Waals surface area (Å²) in [6, 6.07) is 3.11. The summed E-state index contributed by atoms with van der Waals surface area (Å²) in [6.45, 7) is 1.91. The molecular formula is C10H9N3O2S. The summed E-state index contributed by atoms with van der Waals surface area (Å²) in [5.74, 6) is -1.03. The minimum Gasteiger partial charge on any atom is -0.477 e. The van der Waals surface area contributed by atoms with Crippen molar-refractivity contribution >= 4 is 28.1 Å². The van der Waals surface area contributed by atoms with Gasteiger partial charge < -0.3 is 10.4 Å². The van der Waals surface area contributed by atoms with Crippen molar-refractivity contribution < 1.29 is 9.90 Å². The maximum Gasteiger partial charge on any atom is 0.354 e. The molecule has 82 valence electrons. The van der Waals surface area contributed by atoms with Crippen molar-refractivity contribution in [3.8, 4) is 0 Å². The second kappa shape index (κ2) is 4.28. The van der Waals surface area contributed by atoms with E-state index < -0.39 is 5.97 Å². The summed E-state index contributed by atoms with van der Waals surface area (Å²) in [5, 5.41) is 14.4. The zero-order valence-corrected chi connectivity index (χ0v) is 9.28. The molecule has 0 radical (unpaired) electrons. The van der Waals surface area contributed by atoms with E-state index in [2.05, 4.69) is 15.3 Å². The number of carboxylic acids is 1. The van der Waals surface area contributed by atoms with E-state index in [9.17, 15) is 4.79 Å². The Balaban J connectivity index is 2.14. The number of hydrogen-bond donors (Lipinski definition) is 2. The first-order chi connectivity index (χ1) is 7.65. The SMILES string of the molecule is Cc1csc(Nc2ccc(C(=O)O)nc2)n1. The van der Waals surface area contributed by atoms with Gasteiger partial charge in [0.05, 0.1) is 17.6 Å². The van der Waals surface area contributed by atoms with Crippen molar-refractivity contribution in [3.05, 3.63) is 35.1 Å². The molecule has 2 aromatic rings. The number of carbonyl (C=O) groups is 1. The Morgan fingerprint density at radius 2 is 2.31 bits per heavy atom. The van der Waals surface area contributed by atoms with E-state index in [4.69, 9.17) is 5.11 Å². The molecule has 2 heterocycles. The molecule has 0 unspecified atom stereocenters. The van der Waals surface area contributed by atoms with Crippen LogP contribution in [0, 0.1) is 6.92 Å². The zero-order chi connectivity index (χ0) is 11.5. The lowest BCUT2D eigenvalue weighted by molar-refractivity contribution is 0.0690. The van der Waals surface area contributed by atoms with Gasteiger partial charge in [0, 0.05) is 5.38 Å². The van der Waals surface area contributed by atoms with Crippen LogP contribution in [0.25, 0.3) is 0 Å². The number of aromatic carboxylic acids is 1. The van der Waals surface area contributed by atoms with Gasteiger partial charge in [0.15, 0.2) is 5.13 Å². The molecule has 0 saturated heterocycles. The fraction of sp³-hybridized carbons (Fsp3) is 0.100. The molecule has 2 rings (SSSR count). The number of carboxylic acid groups (broad SMARTS) is 1. The van der Waals surface area contributed by atoms with Gasteiger partial charge in [0.25, 0.3) is 0 Å². The van der Waals surface area contributed by atoms with Crippen LogP contribution < -0.4 is 5.32 Å². The largest absolute Gasteiger partial charge is 0.477 e. The van der Waals surface area contributed by atoms with Gasteiger partial charge in [-0.2, -0.15) is 0 Å². The van der Waals surface area contributed by atoms with Gasteiger partial charge in [-0.25, -0.2) is 14.8 Å². The van der Waals surface area contributed by atoms with Gasteiger partial charge in [-0.05, 0) is 19.1 Å². The topological polar surface area (TPSA) is 75.1 Å². The van der Waals surface area contributed by atoms with E-state index in [-0.39, 0.29) is 5.69 Å². The third-order valence-corrected chi connectivity index (χ3v) is 2.73. The second-order valence-corrected chi connectivity index (χ2v) is 4.01. The maximum absolute atomic E-state index is 10.6. The van der Waals surface area contributed by atoms with Gasteiger partial charge in [-0.1, -0.05) is 0 Å². The van der Waals surface area contributed by atoms with Crippen LogP contribution in [-0.2, 0) is 0 Å². The summed E-state index contributed by atoms with van der Waals surface area (Å²) < 4.78 is 0. The Morgan fingerprint density at radius 1 is 1.50 bits per heavy atom. The average Bonchev–Trinajstić information content (AvgIpc) is 2.65. The molecule has 2 aromatic heterocycles. The highest BCUT2D eigenvalue weighted by Crippen LogP contribution is 2.19. The van der Waals surface area contributed by atoms with Crippen molar-refractivity contribution in [1.82, 2.24) is 9.97 Å². The quantitative estimate of drug-likeness (QED) is 0.853. The monoisotopic (exact) mass is 235 g/mol. The molecule has 0 amide bonds. The van der Waals surface area contributed by atoms with E-state index in [1.165, 1.54) is 23.6 Å². The molecule has 0 aliphatic rings. The van der Waals surface area contributed by atoms with Crippen molar-refractivity contribution in [2.24, 2.45) is 0 Å². The highest BCUT2D eigenvalue weighted by atomic mass is 32.1. The Hall–Kier alpha value is -1.95. The molecule has 6 heteroatoms. The number of hydrogen-bond acceptors (Lipinski definition) is 5. The van der Waals surface area contributed by atoms with E-state index in [1.807, 2.05) is 12.3 Å². The first kappa shape index (κ1) is 10.6. The first-order valence-electron chi connectivity index (χ1n) is 4.53. The van der Waals surface area contributed by atoms with E-state index >= 15 is 0 Å². The van der Waals surface area contributed by atoms with Crippen LogP contribution in [0.4, 0.5) is 10.8 Å². The molecule has 0 atom stereocenters. The highest BCUT2D eigenvalue weighted by molar-refractivity contribution is 7.13. The first-order valence-corrected chi connectivity index (χ1v) is 5.41. The summed E-state index contributed by atoms with van der Waals surface area (Å²) in [7, 11) is 0. The van der Waals surface area contributed by atoms with Crippen LogP contribution in [0.15, 0.2) is 23.7 Å². The van der Waals surface area contributed by atoms with E-state index in [0.29, 0.717) is 0 Å². The lowest BCUT2D eigenvalue weighted by atomic mass is 10.3. The van der Waals surface area contributed by atoms with E-state index in [1.54, 1.807) is 6.07 Å². The fourth-order valence-electron chi connectivity index (χ4n) is 1.13. The molecule has 2 N–H and O–H groups in total. The van der Waals surface area contributed by atoms with Crippen LogP contribution in [-0.4, -0.2) is 21.0 Å². The van der Waals surface area contributed by atoms with E-state index in [0.717, 1.165) is 16.5 Å². The van der Waals surface area contributed by atoms with Crippen LogP contribution in [0.2, 0.25) is 0 Å². The third kappa shape index (κ3) is 2.34. The molecule has 0 spiro atoms. The molecular weight excluding hydrogens is 226 g/mol. The smallest absolute Gasteiger partial charge is 0.354 e. The molecule has 5 nitrogen and oxygen atoms in total. The highest BCUT2D eigenvalue weighted by Gasteiger charge is 2.04. The maximum atomic E-state index is 10.6. The average molecular weight is 235 g/mol. The van der Waals surface area contributed by atoms with Gasteiger partial charge >= 0.3 is 5.97 Å². The minimum absolute atomic E-state index is 0.0286. The summed E-state index contributed by atoms with van der Waals surface area (Å²) in [5.41, 5.74) is 1.70. The molecule has 16 heavy (non-hydrogen) atoms. The molecule has 0 bridgehead atoms. The third-order valence-electron chi connectivity index (χ3n) is 1.85. The molecule has 0 aliphatic carbocycles. The molecule has 0 aliphatic heterocycles. The number of nitrogens with zero attached hydrogens (tertiary/aromatic N) is 2. The van der Waals surface area contributed by atoms with Gasteiger partial charge in [-0.15, -0.1) is 11.3 Å². The lowest BCUT2D eigenvalue weighted by Crippen LogP contribution is -2.00.